The molecule has 49 heavy (non-hydrogen) atoms. The molecule has 10 rings (SSSR count). The first-order valence-electron chi connectivity index (χ1n) is 16.7. The molecule has 9 aromatic carbocycles. The van der Waals surface area contributed by atoms with E-state index in [1.54, 1.807) is 0 Å². The molecule has 0 N–H and O–H groups in total. The molecule has 0 aliphatic carbocycles. The zero-order valence-corrected chi connectivity index (χ0v) is 27.5. The Balaban J connectivity index is 1.28. The van der Waals surface area contributed by atoms with E-state index in [0.29, 0.717) is 0 Å². The van der Waals surface area contributed by atoms with Gasteiger partial charge in [0, 0.05) is 21.9 Å². The zero-order valence-electron chi connectivity index (χ0n) is 26.6. The van der Waals surface area contributed by atoms with Crippen LogP contribution in [0, 0.1) is 0 Å². The van der Waals surface area contributed by atoms with Gasteiger partial charge in [-0.25, -0.2) is 0 Å². The van der Waals surface area contributed by atoms with E-state index in [1.165, 1.54) is 32.3 Å². The second-order valence-electron chi connectivity index (χ2n) is 12.8. The van der Waals surface area contributed by atoms with Gasteiger partial charge in [0.2, 0.25) is 7.29 Å². The summed E-state index contributed by atoms with van der Waals surface area (Å²) in [5.74, 6) is 0. The molecule has 230 valence electrons. The van der Waals surface area contributed by atoms with Crippen molar-refractivity contribution in [1.29, 1.82) is 0 Å². The summed E-state index contributed by atoms with van der Waals surface area (Å²) in [5, 5.41) is 11.5. The molecule has 0 aromatic heterocycles. The summed E-state index contributed by atoms with van der Waals surface area (Å²) in [6.45, 7) is 0. The van der Waals surface area contributed by atoms with Crippen LogP contribution < -0.4 is 15.3 Å². The lowest BCUT2D eigenvalue weighted by molar-refractivity contribution is 0.587. The van der Waals surface area contributed by atoms with Crippen LogP contribution in [-0.2, 0) is 4.57 Å². The predicted octanol–water partition coefficient (Wildman–Crippen LogP) is 12.0. The Kier molecular flexibility index (Phi) is 6.19. The predicted molar refractivity (Wildman–Crippen MR) is 209 cm³/mol. The highest BCUT2D eigenvalue weighted by molar-refractivity contribution is 7.80. The van der Waals surface area contributed by atoms with Crippen LogP contribution >= 0.6 is 7.29 Å². The average molecular weight is 644 g/mol. The Morgan fingerprint density at radius 2 is 0.939 bits per heavy atom. The van der Waals surface area contributed by atoms with Crippen molar-refractivity contribution >= 4 is 72.4 Å². The molecule has 0 bridgehead atoms. The zero-order chi connectivity index (χ0) is 32.5. The first-order chi connectivity index (χ1) is 24.2. The smallest absolute Gasteiger partial charge is 0.234 e. The summed E-state index contributed by atoms with van der Waals surface area (Å²) in [6.07, 6.45) is 0. The molecule has 9 aromatic rings. The lowest BCUT2D eigenvalue weighted by atomic mass is 9.90. The molecular weight excluding hydrogens is 613 g/mol. The Hall–Kier alpha value is -5.95. The van der Waals surface area contributed by atoms with E-state index in [2.05, 4.69) is 138 Å². The lowest BCUT2D eigenvalue weighted by Gasteiger charge is -2.41. The number of benzene rings is 9. The van der Waals surface area contributed by atoms with Crippen molar-refractivity contribution in [2.75, 3.05) is 4.67 Å². The van der Waals surface area contributed by atoms with Crippen LogP contribution in [0.5, 0.6) is 0 Å². The van der Waals surface area contributed by atoms with Gasteiger partial charge in [-0.05, 0) is 108 Å². The fourth-order valence-electron chi connectivity index (χ4n) is 8.00. The van der Waals surface area contributed by atoms with Gasteiger partial charge in [-0.15, -0.1) is 0 Å². The lowest BCUT2D eigenvalue weighted by Crippen LogP contribution is -2.33. The standard InChI is InChI=1S/C46H30NOP/c48-49(35-16-5-2-6-17-35)45-28-25-33(32-23-26-41-39-21-10-9-19-37(39)38-20-11-12-22-40(38)42(41)29-32)30-43(45)46-36-18-8-7-13-31(36)24-27-44(46)47(49)34-14-3-1-4-15-34/h1-30H. The van der Waals surface area contributed by atoms with Crippen LogP contribution in [0.1, 0.15) is 0 Å². The fourth-order valence-corrected chi connectivity index (χ4v) is 11.0. The average Bonchev–Trinajstić information content (AvgIpc) is 3.18. The maximum absolute atomic E-state index is 16.1. The van der Waals surface area contributed by atoms with Gasteiger partial charge in [0.05, 0.1) is 5.69 Å². The van der Waals surface area contributed by atoms with Crippen LogP contribution in [-0.4, -0.2) is 0 Å². The highest BCUT2D eigenvalue weighted by atomic mass is 31.2. The van der Waals surface area contributed by atoms with Gasteiger partial charge in [-0.2, -0.15) is 0 Å². The van der Waals surface area contributed by atoms with Crippen molar-refractivity contribution in [2.45, 2.75) is 0 Å². The van der Waals surface area contributed by atoms with Gasteiger partial charge in [-0.3, -0.25) is 9.24 Å². The molecule has 0 radical (unpaired) electrons. The Bertz CT molecular complexity index is 2770. The van der Waals surface area contributed by atoms with Crippen molar-refractivity contribution in [3.05, 3.63) is 182 Å². The maximum atomic E-state index is 16.1. The number of nitrogens with zero attached hydrogens (tertiary/aromatic N) is 1. The first-order valence-corrected chi connectivity index (χ1v) is 18.4. The molecule has 1 heterocycles. The van der Waals surface area contributed by atoms with E-state index in [4.69, 9.17) is 0 Å². The molecular formula is C46H30NOP. The summed E-state index contributed by atoms with van der Waals surface area (Å²) in [4.78, 5) is 0. The number of anilines is 2. The van der Waals surface area contributed by atoms with Gasteiger partial charge >= 0.3 is 0 Å². The summed E-state index contributed by atoms with van der Waals surface area (Å²) in [5.41, 5.74) is 6.24. The van der Waals surface area contributed by atoms with Crippen molar-refractivity contribution in [3.63, 3.8) is 0 Å². The third-order valence-electron chi connectivity index (χ3n) is 10.2. The molecule has 0 fully saturated rings. The molecule has 1 unspecified atom stereocenters. The van der Waals surface area contributed by atoms with Crippen LogP contribution in [0.15, 0.2) is 182 Å². The highest BCUT2D eigenvalue weighted by Gasteiger charge is 2.43. The van der Waals surface area contributed by atoms with Crippen molar-refractivity contribution < 1.29 is 4.57 Å². The highest BCUT2D eigenvalue weighted by Crippen LogP contribution is 2.62. The molecule has 0 spiro atoms. The fraction of sp³-hybridized carbons (Fsp3) is 0. The van der Waals surface area contributed by atoms with E-state index >= 15 is 4.57 Å². The van der Waals surface area contributed by atoms with Crippen molar-refractivity contribution in [2.24, 2.45) is 0 Å². The molecule has 1 atom stereocenters. The van der Waals surface area contributed by atoms with Crippen molar-refractivity contribution in [3.8, 4) is 22.3 Å². The summed E-state index contributed by atoms with van der Waals surface area (Å²) >= 11 is 0. The molecule has 3 heteroatoms. The maximum Gasteiger partial charge on any atom is 0.234 e. The summed E-state index contributed by atoms with van der Waals surface area (Å²) in [7, 11) is -3.38. The molecule has 0 amide bonds. The quantitative estimate of drug-likeness (QED) is 0.141. The third kappa shape index (κ3) is 4.11. The van der Waals surface area contributed by atoms with E-state index in [1.807, 2.05) is 48.5 Å². The number of rotatable bonds is 3. The van der Waals surface area contributed by atoms with Gasteiger partial charge in [0.15, 0.2) is 0 Å². The van der Waals surface area contributed by atoms with E-state index in [0.717, 1.165) is 55.0 Å². The van der Waals surface area contributed by atoms with E-state index < -0.39 is 7.29 Å². The monoisotopic (exact) mass is 643 g/mol. The minimum atomic E-state index is -3.38. The normalized spacial score (nSPS) is 15.5. The van der Waals surface area contributed by atoms with Gasteiger partial charge in [0.25, 0.3) is 0 Å². The number of hydrogen-bond acceptors (Lipinski definition) is 1. The SMILES string of the molecule is O=P1(c2ccccc2)c2ccc(-c3ccc4c5ccccc5c5ccccc5c4c3)cc2-c2c(ccc3ccccc23)N1c1ccccc1. The van der Waals surface area contributed by atoms with Gasteiger partial charge < -0.3 is 0 Å². The van der Waals surface area contributed by atoms with Crippen LogP contribution in [0.25, 0.3) is 65.3 Å². The minimum Gasteiger partial charge on any atom is -0.289 e. The molecule has 0 saturated heterocycles. The van der Waals surface area contributed by atoms with E-state index in [-0.39, 0.29) is 0 Å². The summed E-state index contributed by atoms with van der Waals surface area (Å²) in [6, 6.07) is 63.9. The topological polar surface area (TPSA) is 20.3 Å². The number of fused-ring (bicyclic) bond motifs is 11. The third-order valence-corrected chi connectivity index (χ3v) is 13.2. The van der Waals surface area contributed by atoms with E-state index in [9.17, 15) is 0 Å². The molecule has 1 aliphatic rings. The Morgan fingerprint density at radius 3 is 1.63 bits per heavy atom. The molecule has 2 nitrogen and oxygen atoms in total. The number of hydrogen-bond donors (Lipinski definition) is 0. The largest absolute Gasteiger partial charge is 0.289 e. The van der Waals surface area contributed by atoms with Gasteiger partial charge in [-0.1, -0.05) is 133 Å². The first kappa shape index (κ1) is 28.1. The number of para-hydroxylation sites is 1. The second kappa shape index (κ2) is 10.8. The second-order valence-corrected chi connectivity index (χ2v) is 15.4. The van der Waals surface area contributed by atoms with Crippen LogP contribution in [0.3, 0.4) is 0 Å². The molecule has 0 saturated carbocycles. The Morgan fingerprint density at radius 1 is 0.408 bits per heavy atom. The van der Waals surface area contributed by atoms with Crippen molar-refractivity contribution in [1.82, 2.24) is 0 Å². The minimum absolute atomic E-state index is 0.815. The van der Waals surface area contributed by atoms with Crippen LogP contribution in [0.2, 0.25) is 0 Å². The summed E-state index contributed by atoms with van der Waals surface area (Å²) < 4.78 is 18.2. The van der Waals surface area contributed by atoms with Crippen LogP contribution in [0.4, 0.5) is 11.4 Å². The van der Waals surface area contributed by atoms with Gasteiger partial charge in [0.1, 0.15) is 0 Å². The Labute approximate surface area is 284 Å². The molecule has 1 aliphatic heterocycles.